The summed E-state index contributed by atoms with van der Waals surface area (Å²) in [5, 5.41) is 6.13. The topological polar surface area (TPSA) is 78.5 Å². The van der Waals surface area contributed by atoms with Crippen LogP contribution in [0.2, 0.25) is 0 Å². The van der Waals surface area contributed by atoms with Gasteiger partial charge in [0.15, 0.2) is 0 Å². The van der Waals surface area contributed by atoms with Gasteiger partial charge in [-0.3, -0.25) is 19.7 Å². The van der Waals surface area contributed by atoms with Crippen molar-refractivity contribution in [2.75, 3.05) is 5.32 Å². The molecule has 0 bridgehead atoms. The van der Waals surface area contributed by atoms with Crippen LogP contribution in [0.4, 0.5) is 5.69 Å². The molecule has 3 aliphatic rings. The molecule has 2 N–H and O–H groups in total. The van der Waals surface area contributed by atoms with Gasteiger partial charge in [-0.2, -0.15) is 0 Å². The Balaban J connectivity index is 1.25. The van der Waals surface area contributed by atoms with Gasteiger partial charge in [-0.05, 0) is 67.3 Å². The number of anilines is 1. The summed E-state index contributed by atoms with van der Waals surface area (Å²) in [7, 11) is 0. The zero-order chi connectivity index (χ0) is 22.8. The van der Waals surface area contributed by atoms with Crippen LogP contribution in [0, 0.1) is 5.92 Å². The largest absolute Gasteiger partial charge is 0.382 e. The van der Waals surface area contributed by atoms with Gasteiger partial charge in [0.05, 0.1) is 0 Å². The summed E-state index contributed by atoms with van der Waals surface area (Å²) in [6.45, 7) is 0.415. The Morgan fingerprint density at radius 2 is 1.79 bits per heavy atom. The van der Waals surface area contributed by atoms with Crippen molar-refractivity contribution < 1.29 is 14.4 Å². The number of aryl methyl sites for hydroxylation is 1. The Labute approximate surface area is 194 Å². The Bertz CT molecular complexity index is 1050. The summed E-state index contributed by atoms with van der Waals surface area (Å²) in [4.78, 5) is 38.3. The molecule has 0 spiro atoms. The number of nitrogens with zero attached hydrogens (tertiary/aromatic N) is 1. The van der Waals surface area contributed by atoms with Crippen molar-refractivity contribution in [1.29, 1.82) is 0 Å². The molecular weight excluding hydrogens is 414 g/mol. The molecule has 2 aromatic carbocycles. The number of nitrogens with one attached hydrogen (secondary N) is 2. The zero-order valence-electron chi connectivity index (χ0n) is 18.9. The van der Waals surface area contributed by atoms with E-state index >= 15 is 0 Å². The highest BCUT2D eigenvalue weighted by molar-refractivity contribution is 6.05. The number of fused-ring (bicyclic) bond motifs is 1. The first-order valence-corrected chi connectivity index (χ1v) is 12.2. The predicted octanol–water partition coefficient (Wildman–Crippen LogP) is 4.05. The smallest absolute Gasteiger partial charge is 0.255 e. The monoisotopic (exact) mass is 445 g/mol. The number of piperidine rings is 1. The molecule has 1 unspecified atom stereocenters. The molecular formula is C27H31N3O3. The number of amides is 3. The standard InChI is InChI=1S/C27H31N3O3/c31-25-15-14-24(26(32)29-25)30-17-20-16-21(12-13-22(20)27(30)33)28-23-9-5-4-8-19(23)11-10-18-6-2-1-3-7-18/h1-3,6-7,12-13,16,19,23-24,28H,4-5,8-11,14-15,17H2,(H,29,31,32)/t19-,23-,24?/m0/s1. The van der Waals surface area contributed by atoms with Gasteiger partial charge >= 0.3 is 0 Å². The summed E-state index contributed by atoms with van der Waals surface area (Å²) in [6, 6.07) is 16.5. The van der Waals surface area contributed by atoms with Gasteiger partial charge in [0.2, 0.25) is 11.8 Å². The molecule has 0 aromatic heterocycles. The second-order valence-corrected chi connectivity index (χ2v) is 9.59. The van der Waals surface area contributed by atoms with Crippen molar-refractivity contribution >= 4 is 23.4 Å². The van der Waals surface area contributed by atoms with Crippen LogP contribution in [-0.4, -0.2) is 34.7 Å². The maximum atomic E-state index is 12.9. The van der Waals surface area contributed by atoms with Gasteiger partial charge < -0.3 is 10.2 Å². The predicted molar refractivity (Wildman–Crippen MR) is 127 cm³/mol. The van der Waals surface area contributed by atoms with Gasteiger partial charge in [-0.1, -0.05) is 43.2 Å². The third kappa shape index (κ3) is 4.65. The first-order valence-electron chi connectivity index (χ1n) is 12.2. The zero-order valence-corrected chi connectivity index (χ0v) is 18.9. The Morgan fingerprint density at radius 1 is 0.970 bits per heavy atom. The number of benzene rings is 2. The van der Waals surface area contributed by atoms with Crippen molar-refractivity contribution in [3.8, 4) is 0 Å². The number of hydrogen-bond acceptors (Lipinski definition) is 4. The van der Waals surface area contributed by atoms with Crippen LogP contribution in [0.3, 0.4) is 0 Å². The average molecular weight is 446 g/mol. The van der Waals surface area contributed by atoms with E-state index in [4.69, 9.17) is 0 Å². The molecule has 1 saturated carbocycles. The minimum Gasteiger partial charge on any atom is -0.382 e. The molecule has 1 aliphatic carbocycles. The first-order chi connectivity index (χ1) is 16.1. The minimum absolute atomic E-state index is 0.121. The summed E-state index contributed by atoms with van der Waals surface area (Å²) in [5.41, 5.74) is 4.05. The van der Waals surface area contributed by atoms with Gasteiger partial charge in [0.1, 0.15) is 6.04 Å². The molecule has 2 heterocycles. The second-order valence-electron chi connectivity index (χ2n) is 9.59. The highest BCUT2D eigenvalue weighted by Crippen LogP contribution is 2.33. The van der Waals surface area contributed by atoms with Gasteiger partial charge in [0, 0.05) is 30.3 Å². The lowest BCUT2D eigenvalue weighted by Gasteiger charge is -2.33. The van der Waals surface area contributed by atoms with Crippen LogP contribution >= 0.6 is 0 Å². The van der Waals surface area contributed by atoms with E-state index in [1.165, 1.54) is 31.2 Å². The summed E-state index contributed by atoms with van der Waals surface area (Å²) in [5.74, 6) is -0.117. The summed E-state index contributed by atoms with van der Waals surface area (Å²) < 4.78 is 0. The third-order valence-electron chi connectivity index (χ3n) is 7.43. The molecule has 5 rings (SSSR count). The lowest BCUT2D eigenvalue weighted by atomic mass is 9.81. The van der Waals surface area contributed by atoms with Crippen molar-refractivity contribution in [2.45, 2.75) is 70.0 Å². The van der Waals surface area contributed by atoms with Crippen LogP contribution in [-0.2, 0) is 22.6 Å². The number of rotatable bonds is 6. The molecule has 2 fully saturated rings. The fourth-order valence-electron chi connectivity index (χ4n) is 5.62. The maximum absolute atomic E-state index is 12.9. The molecule has 3 amide bonds. The van der Waals surface area contributed by atoms with Crippen molar-refractivity contribution in [1.82, 2.24) is 10.2 Å². The van der Waals surface area contributed by atoms with E-state index in [2.05, 4.69) is 47.0 Å². The fraction of sp³-hybridized carbons (Fsp3) is 0.444. The molecule has 172 valence electrons. The summed E-state index contributed by atoms with van der Waals surface area (Å²) >= 11 is 0. The number of carbonyl (C=O) groups is 3. The van der Waals surface area contributed by atoms with E-state index in [-0.39, 0.29) is 24.1 Å². The van der Waals surface area contributed by atoms with Crippen molar-refractivity contribution in [3.63, 3.8) is 0 Å². The Morgan fingerprint density at radius 3 is 2.61 bits per heavy atom. The Kier molecular flexibility index (Phi) is 6.16. The quantitative estimate of drug-likeness (QED) is 0.658. The lowest BCUT2D eigenvalue weighted by Crippen LogP contribution is -2.52. The van der Waals surface area contributed by atoms with Crippen LogP contribution in [0.25, 0.3) is 0 Å². The normalized spacial score (nSPS) is 25.0. The SMILES string of the molecule is O=C1CCC(N2Cc3cc(N[C@H]4CCCC[C@H]4CCc4ccccc4)ccc3C2=O)C(=O)N1. The van der Waals surface area contributed by atoms with E-state index in [1.54, 1.807) is 4.90 Å². The molecule has 0 radical (unpaired) electrons. The molecule has 6 heteroatoms. The second kappa shape index (κ2) is 9.38. The van der Waals surface area contributed by atoms with Crippen molar-refractivity contribution in [3.05, 3.63) is 65.2 Å². The van der Waals surface area contributed by atoms with E-state index in [0.29, 0.717) is 30.5 Å². The maximum Gasteiger partial charge on any atom is 0.255 e. The van der Waals surface area contributed by atoms with Gasteiger partial charge in [-0.15, -0.1) is 0 Å². The molecule has 3 atom stereocenters. The van der Waals surface area contributed by atoms with E-state index < -0.39 is 6.04 Å². The van der Waals surface area contributed by atoms with E-state index in [1.807, 2.05) is 12.1 Å². The summed E-state index contributed by atoms with van der Waals surface area (Å²) in [6.07, 6.45) is 7.88. The molecule has 33 heavy (non-hydrogen) atoms. The highest BCUT2D eigenvalue weighted by Gasteiger charge is 2.39. The number of hydrogen-bond donors (Lipinski definition) is 2. The van der Waals surface area contributed by atoms with E-state index in [0.717, 1.165) is 24.1 Å². The highest BCUT2D eigenvalue weighted by atomic mass is 16.2. The lowest BCUT2D eigenvalue weighted by molar-refractivity contribution is -0.136. The van der Waals surface area contributed by atoms with Gasteiger partial charge in [-0.25, -0.2) is 0 Å². The third-order valence-corrected chi connectivity index (χ3v) is 7.43. The van der Waals surface area contributed by atoms with E-state index in [9.17, 15) is 14.4 Å². The first kappa shape index (κ1) is 21.7. The molecule has 1 saturated heterocycles. The van der Waals surface area contributed by atoms with Crippen LogP contribution in [0.1, 0.15) is 66.4 Å². The van der Waals surface area contributed by atoms with Crippen LogP contribution in [0.5, 0.6) is 0 Å². The van der Waals surface area contributed by atoms with Crippen molar-refractivity contribution in [2.24, 2.45) is 5.92 Å². The minimum atomic E-state index is -0.570. The number of carbonyl (C=O) groups excluding carboxylic acids is 3. The average Bonchev–Trinajstić information content (AvgIpc) is 3.14. The molecule has 2 aliphatic heterocycles. The van der Waals surface area contributed by atoms with Crippen LogP contribution in [0.15, 0.2) is 48.5 Å². The fourth-order valence-corrected chi connectivity index (χ4v) is 5.62. The Hall–Kier alpha value is -3.15. The molecule has 2 aromatic rings. The number of imide groups is 1. The van der Waals surface area contributed by atoms with Crippen LogP contribution < -0.4 is 10.6 Å². The molecule has 6 nitrogen and oxygen atoms in total. The van der Waals surface area contributed by atoms with Gasteiger partial charge in [0.25, 0.3) is 5.91 Å².